The van der Waals surface area contributed by atoms with Crippen LogP contribution in [0.3, 0.4) is 0 Å². The summed E-state index contributed by atoms with van der Waals surface area (Å²) in [6, 6.07) is 5.89. The van der Waals surface area contributed by atoms with Crippen molar-refractivity contribution < 1.29 is 9.84 Å². The van der Waals surface area contributed by atoms with Crippen LogP contribution in [-0.4, -0.2) is 36.3 Å². The van der Waals surface area contributed by atoms with Crippen LogP contribution in [0.2, 0.25) is 5.02 Å². The van der Waals surface area contributed by atoms with E-state index < -0.39 is 0 Å². The van der Waals surface area contributed by atoms with E-state index in [4.69, 9.17) is 16.3 Å². The standard InChI is InChI=1S/C12H16ClNO2/c1-14(10-5-6-16-8-10)7-9-3-2-4-11(13)12(9)15/h2-4,10,15H,5-8H2,1H3. The molecule has 1 N–H and O–H groups in total. The van der Waals surface area contributed by atoms with E-state index in [0.29, 0.717) is 17.6 Å². The summed E-state index contributed by atoms with van der Waals surface area (Å²) in [6.07, 6.45) is 1.05. The number of phenols is 1. The minimum absolute atomic E-state index is 0.190. The number of halogens is 1. The maximum absolute atomic E-state index is 9.80. The molecule has 4 heteroatoms. The molecule has 1 aliphatic rings. The second-order valence-corrected chi connectivity index (χ2v) is 4.59. The van der Waals surface area contributed by atoms with Gasteiger partial charge < -0.3 is 9.84 Å². The molecule has 2 rings (SSSR count). The van der Waals surface area contributed by atoms with E-state index in [0.717, 1.165) is 25.2 Å². The molecule has 1 aliphatic heterocycles. The van der Waals surface area contributed by atoms with E-state index in [-0.39, 0.29) is 5.75 Å². The van der Waals surface area contributed by atoms with Crippen LogP contribution >= 0.6 is 11.6 Å². The zero-order chi connectivity index (χ0) is 11.5. The third kappa shape index (κ3) is 2.48. The van der Waals surface area contributed by atoms with E-state index in [1.165, 1.54) is 0 Å². The lowest BCUT2D eigenvalue weighted by molar-refractivity contribution is 0.156. The Labute approximate surface area is 101 Å². The van der Waals surface area contributed by atoms with Gasteiger partial charge in [0.15, 0.2) is 0 Å². The third-order valence-corrected chi connectivity index (χ3v) is 3.32. The van der Waals surface area contributed by atoms with Crippen molar-refractivity contribution in [2.45, 2.75) is 19.0 Å². The summed E-state index contributed by atoms with van der Waals surface area (Å²) in [7, 11) is 2.04. The maximum atomic E-state index is 9.80. The normalized spacial score (nSPS) is 20.6. The zero-order valence-electron chi connectivity index (χ0n) is 9.32. The van der Waals surface area contributed by atoms with Crippen LogP contribution in [0.5, 0.6) is 5.75 Å². The summed E-state index contributed by atoms with van der Waals surface area (Å²) in [4.78, 5) is 2.19. The number of hydrogen-bond donors (Lipinski definition) is 1. The van der Waals surface area contributed by atoms with Crippen LogP contribution in [0.25, 0.3) is 0 Å². The van der Waals surface area contributed by atoms with Crippen LogP contribution in [0, 0.1) is 0 Å². The predicted octanol–water partition coefficient (Wildman–Crippen LogP) is 2.27. The molecule has 0 radical (unpaired) electrons. The van der Waals surface area contributed by atoms with Gasteiger partial charge in [-0.1, -0.05) is 23.7 Å². The molecule has 1 saturated heterocycles. The summed E-state index contributed by atoms with van der Waals surface area (Å²) in [5.74, 6) is 0.190. The fraction of sp³-hybridized carbons (Fsp3) is 0.500. The lowest BCUT2D eigenvalue weighted by atomic mass is 10.1. The molecule has 1 aromatic rings. The number of phenolic OH excluding ortho intramolecular Hbond substituents is 1. The third-order valence-electron chi connectivity index (χ3n) is 3.02. The Morgan fingerprint density at radius 2 is 2.38 bits per heavy atom. The highest BCUT2D eigenvalue weighted by Gasteiger charge is 2.21. The zero-order valence-corrected chi connectivity index (χ0v) is 10.1. The van der Waals surface area contributed by atoms with Crippen LogP contribution < -0.4 is 0 Å². The summed E-state index contributed by atoms with van der Waals surface area (Å²) >= 11 is 5.86. The largest absolute Gasteiger partial charge is 0.506 e. The number of para-hydroxylation sites is 1. The fourth-order valence-corrected chi connectivity index (χ4v) is 2.15. The van der Waals surface area contributed by atoms with Crippen LogP contribution in [-0.2, 0) is 11.3 Å². The van der Waals surface area contributed by atoms with Crippen molar-refractivity contribution >= 4 is 11.6 Å². The Morgan fingerprint density at radius 3 is 3.06 bits per heavy atom. The molecule has 16 heavy (non-hydrogen) atoms. The van der Waals surface area contributed by atoms with Gasteiger partial charge in [0.2, 0.25) is 0 Å². The molecule has 1 heterocycles. The first kappa shape index (κ1) is 11.7. The predicted molar refractivity (Wildman–Crippen MR) is 63.8 cm³/mol. The number of hydrogen-bond acceptors (Lipinski definition) is 3. The molecule has 0 bridgehead atoms. The van der Waals surface area contributed by atoms with Crippen molar-refractivity contribution in [3.8, 4) is 5.75 Å². The van der Waals surface area contributed by atoms with Crippen molar-refractivity contribution in [3.63, 3.8) is 0 Å². The SMILES string of the molecule is CN(Cc1cccc(Cl)c1O)C1CCOC1. The van der Waals surface area contributed by atoms with Gasteiger partial charge in [-0.2, -0.15) is 0 Å². The van der Waals surface area contributed by atoms with Gasteiger partial charge in [-0.05, 0) is 19.5 Å². The number of rotatable bonds is 3. The first-order chi connectivity index (χ1) is 7.68. The van der Waals surface area contributed by atoms with Gasteiger partial charge in [-0.15, -0.1) is 0 Å². The fourth-order valence-electron chi connectivity index (χ4n) is 1.96. The topological polar surface area (TPSA) is 32.7 Å². The first-order valence-corrected chi connectivity index (χ1v) is 5.80. The molecule has 0 amide bonds. The minimum Gasteiger partial charge on any atom is -0.506 e. The Kier molecular flexibility index (Phi) is 3.69. The average molecular weight is 242 g/mol. The van der Waals surface area contributed by atoms with Gasteiger partial charge in [0.25, 0.3) is 0 Å². The van der Waals surface area contributed by atoms with Crippen molar-refractivity contribution in [1.82, 2.24) is 4.90 Å². The van der Waals surface area contributed by atoms with Crippen molar-refractivity contribution in [1.29, 1.82) is 0 Å². The number of ether oxygens (including phenoxy) is 1. The lowest BCUT2D eigenvalue weighted by Crippen LogP contribution is -2.31. The molecule has 1 fully saturated rings. The summed E-state index contributed by atoms with van der Waals surface area (Å²) in [5, 5.41) is 10.2. The molecule has 1 aromatic carbocycles. The quantitative estimate of drug-likeness (QED) is 0.881. The summed E-state index contributed by atoms with van der Waals surface area (Å²) in [6.45, 7) is 2.30. The van der Waals surface area contributed by atoms with Crippen molar-refractivity contribution in [2.75, 3.05) is 20.3 Å². The molecular formula is C12H16ClNO2. The highest BCUT2D eigenvalue weighted by atomic mass is 35.5. The number of nitrogens with zero attached hydrogens (tertiary/aromatic N) is 1. The molecule has 0 spiro atoms. The minimum atomic E-state index is 0.190. The van der Waals surface area contributed by atoms with Crippen LogP contribution in [0.1, 0.15) is 12.0 Å². The number of likely N-dealkylation sites (N-methyl/N-ethyl adjacent to an activating group) is 1. The van der Waals surface area contributed by atoms with Gasteiger partial charge in [-0.3, -0.25) is 4.90 Å². The second kappa shape index (κ2) is 5.04. The monoisotopic (exact) mass is 241 g/mol. The van der Waals surface area contributed by atoms with E-state index >= 15 is 0 Å². The van der Waals surface area contributed by atoms with Gasteiger partial charge >= 0.3 is 0 Å². The summed E-state index contributed by atoms with van der Waals surface area (Å²) in [5.41, 5.74) is 0.863. The van der Waals surface area contributed by atoms with Gasteiger partial charge in [0, 0.05) is 24.8 Å². The molecule has 1 unspecified atom stereocenters. The molecule has 0 aromatic heterocycles. The van der Waals surface area contributed by atoms with E-state index in [2.05, 4.69) is 4.90 Å². The Bertz CT molecular complexity index is 364. The van der Waals surface area contributed by atoms with Crippen molar-refractivity contribution in [3.05, 3.63) is 28.8 Å². The molecule has 1 atom stereocenters. The Balaban J connectivity index is 2.05. The van der Waals surface area contributed by atoms with E-state index in [1.807, 2.05) is 19.2 Å². The highest BCUT2D eigenvalue weighted by molar-refractivity contribution is 6.32. The van der Waals surface area contributed by atoms with E-state index in [1.54, 1.807) is 6.07 Å². The Morgan fingerprint density at radius 1 is 1.56 bits per heavy atom. The first-order valence-electron chi connectivity index (χ1n) is 5.43. The van der Waals surface area contributed by atoms with E-state index in [9.17, 15) is 5.11 Å². The molecular weight excluding hydrogens is 226 g/mol. The van der Waals surface area contributed by atoms with Gasteiger partial charge in [0.05, 0.1) is 11.6 Å². The van der Waals surface area contributed by atoms with Crippen LogP contribution in [0.15, 0.2) is 18.2 Å². The summed E-state index contributed by atoms with van der Waals surface area (Å²) < 4.78 is 5.34. The molecule has 88 valence electrons. The average Bonchev–Trinajstić information content (AvgIpc) is 2.78. The number of aromatic hydroxyl groups is 1. The second-order valence-electron chi connectivity index (χ2n) is 4.18. The van der Waals surface area contributed by atoms with Crippen LogP contribution in [0.4, 0.5) is 0 Å². The maximum Gasteiger partial charge on any atom is 0.138 e. The smallest absolute Gasteiger partial charge is 0.138 e. The molecule has 0 saturated carbocycles. The van der Waals surface area contributed by atoms with Crippen molar-refractivity contribution in [2.24, 2.45) is 0 Å². The lowest BCUT2D eigenvalue weighted by Gasteiger charge is -2.23. The number of benzene rings is 1. The Hall–Kier alpha value is -0.770. The molecule has 0 aliphatic carbocycles. The highest BCUT2D eigenvalue weighted by Crippen LogP contribution is 2.28. The van der Waals surface area contributed by atoms with Gasteiger partial charge in [-0.25, -0.2) is 0 Å². The molecule has 3 nitrogen and oxygen atoms in total. The van der Waals surface area contributed by atoms with Gasteiger partial charge in [0.1, 0.15) is 5.75 Å².